The van der Waals surface area contributed by atoms with Gasteiger partial charge < -0.3 is 4.74 Å². The summed E-state index contributed by atoms with van der Waals surface area (Å²) in [6.45, 7) is 6.07. The van der Waals surface area contributed by atoms with Crippen LogP contribution in [0, 0.1) is 25.7 Å². The van der Waals surface area contributed by atoms with Crippen molar-refractivity contribution in [2.45, 2.75) is 20.8 Å². The number of esters is 1. The minimum absolute atomic E-state index is 0.361. The molecular formula is C13H14O2. The number of carbonyl (C=O) groups excluding carboxylic acids is 1. The first kappa shape index (κ1) is 11.3. The van der Waals surface area contributed by atoms with Gasteiger partial charge in [-0.3, -0.25) is 0 Å². The van der Waals surface area contributed by atoms with Gasteiger partial charge in [0, 0.05) is 11.5 Å². The number of ether oxygens (including phenoxy) is 1. The Kier molecular flexibility index (Phi) is 3.93. The molecule has 0 heterocycles. The van der Waals surface area contributed by atoms with Crippen molar-refractivity contribution in [1.29, 1.82) is 0 Å². The third-order valence-corrected chi connectivity index (χ3v) is 2.05. The fraction of sp³-hybridized carbons (Fsp3) is 0.308. The monoisotopic (exact) mass is 202 g/mol. The minimum atomic E-state index is -0.472. The van der Waals surface area contributed by atoms with Crippen molar-refractivity contribution in [2.75, 3.05) is 6.61 Å². The molecule has 2 nitrogen and oxygen atoms in total. The first-order chi connectivity index (χ1) is 7.15. The molecule has 0 radical (unpaired) electrons. The molecule has 2 heteroatoms. The molecule has 15 heavy (non-hydrogen) atoms. The van der Waals surface area contributed by atoms with Gasteiger partial charge in [0.1, 0.15) is 0 Å². The highest BCUT2D eigenvalue weighted by Gasteiger charge is 1.98. The largest absolute Gasteiger partial charge is 0.456 e. The van der Waals surface area contributed by atoms with E-state index in [2.05, 4.69) is 11.8 Å². The summed E-state index contributed by atoms with van der Waals surface area (Å²) in [6.07, 6.45) is 0. The molecule has 0 fully saturated rings. The van der Waals surface area contributed by atoms with Crippen LogP contribution in [-0.4, -0.2) is 12.6 Å². The number of rotatable bonds is 1. The molecule has 0 saturated carbocycles. The molecular weight excluding hydrogens is 188 g/mol. The second-order valence-electron chi connectivity index (χ2n) is 3.24. The molecule has 78 valence electrons. The molecule has 1 aromatic carbocycles. The van der Waals surface area contributed by atoms with E-state index >= 15 is 0 Å². The quantitative estimate of drug-likeness (QED) is 0.515. The van der Waals surface area contributed by atoms with Crippen LogP contribution in [0.5, 0.6) is 0 Å². The highest BCUT2D eigenvalue weighted by molar-refractivity contribution is 5.89. The Labute approximate surface area is 90.3 Å². The van der Waals surface area contributed by atoms with Crippen LogP contribution in [-0.2, 0) is 9.53 Å². The third kappa shape index (κ3) is 3.14. The van der Waals surface area contributed by atoms with Crippen molar-refractivity contribution in [3.05, 3.63) is 34.9 Å². The zero-order valence-corrected chi connectivity index (χ0v) is 9.26. The fourth-order valence-electron chi connectivity index (χ4n) is 1.29. The van der Waals surface area contributed by atoms with Gasteiger partial charge in [-0.25, -0.2) is 4.79 Å². The fourth-order valence-corrected chi connectivity index (χ4v) is 1.29. The molecule has 0 aliphatic carbocycles. The van der Waals surface area contributed by atoms with Crippen LogP contribution in [0.4, 0.5) is 0 Å². The molecule has 0 aliphatic rings. The molecule has 0 aromatic heterocycles. The van der Waals surface area contributed by atoms with Gasteiger partial charge in [0.25, 0.3) is 0 Å². The number of hydrogen-bond donors (Lipinski definition) is 0. The molecule has 0 spiro atoms. The van der Waals surface area contributed by atoms with E-state index < -0.39 is 5.97 Å². The first-order valence-corrected chi connectivity index (χ1v) is 4.90. The Balaban J connectivity index is 2.93. The van der Waals surface area contributed by atoms with E-state index in [0.717, 1.165) is 16.7 Å². The van der Waals surface area contributed by atoms with Crippen LogP contribution in [0.15, 0.2) is 18.2 Å². The average molecular weight is 202 g/mol. The highest BCUT2D eigenvalue weighted by atomic mass is 16.5. The van der Waals surface area contributed by atoms with Crippen molar-refractivity contribution < 1.29 is 9.53 Å². The Bertz CT molecular complexity index is 402. The summed E-state index contributed by atoms with van der Waals surface area (Å²) >= 11 is 0. The Hall–Kier alpha value is -1.75. The predicted octanol–water partition coefficient (Wildman–Crippen LogP) is 2.22. The van der Waals surface area contributed by atoms with E-state index in [0.29, 0.717) is 6.61 Å². The summed E-state index contributed by atoms with van der Waals surface area (Å²) in [5, 5.41) is 0. The number of hydrogen-bond acceptors (Lipinski definition) is 2. The van der Waals surface area contributed by atoms with E-state index in [9.17, 15) is 4.79 Å². The zero-order valence-electron chi connectivity index (χ0n) is 9.26. The molecule has 0 bridgehead atoms. The van der Waals surface area contributed by atoms with Crippen LogP contribution in [0.2, 0.25) is 0 Å². The van der Waals surface area contributed by atoms with Gasteiger partial charge in [0.05, 0.1) is 6.61 Å². The van der Waals surface area contributed by atoms with Gasteiger partial charge in [-0.05, 0) is 31.9 Å². The molecule has 0 N–H and O–H groups in total. The van der Waals surface area contributed by atoms with Crippen LogP contribution in [0.25, 0.3) is 0 Å². The number of aryl methyl sites for hydroxylation is 2. The zero-order chi connectivity index (χ0) is 11.3. The van der Waals surface area contributed by atoms with Crippen LogP contribution < -0.4 is 0 Å². The molecule has 0 unspecified atom stereocenters. The summed E-state index contributed by atoms with van der Waals surface area (Å²) in [6, 6.07) is 5.92. The second kappa shape index (κ2) is 5.21. The number of carbonyl (C=O) groups is 1. The standard InChI is InChI=1S/C13H14O2/c1-4-15-13(14)9-8-12-10(2)6-5-7-11(12)3/h5-7H,4H2,1-3H3. The van der Waals surface area contributed by atoms with Gasteiger partial charge in [-0.15, -0.1) is 0 Å². The van der Waals surface area contributed by atoms with Crippen molar-refractivity contribution in [1.82, 2.24) is 0 Å². The van der Waals surface area contributed by atoms with E-state index in [1.807, 2.05) is 32.0 Å². The van der Waals surface area contributed by atoms with Crippen LogP contribution in [0.3, 0.4) is 0 Å². The van der Waals surface area contributed by atoms with E-state index in [1.165, 1.54) is 0 Å². The Morgan fingerprint density at radius 3 is 2.47 bits per heavy atom. The maximum atomic E-state index is 11.0. The predicted molar refractivity (Wildman–Crippen MR) is 59.4 cm³/mol. The van der Waals surface area contributed by atoms with Crippen LogP contribution >= 0.6 is 0 Å². The SMILES string of the molecule is CCOC(=O)C#Cc1c(C)cccc1C. The molecule has 0 aliphatic heterocycles. The van der Waals surface area contributed by atoms with E-state index in [1.54, 1.807) is 6.92 Å². The van der Waals surface area contributed by atoms with Gasteiger partial charge in [0.2, 0.25) is 0 Å². The summed E-state index contributed by atoms with van der Waals surface area (Å²) in [4.78, 5) is 11.0. The van der Waals surface area contributed by atoms with Gasteiger partial charge >= 0.3 is 5.97 Å². The van der Waals surface area contributed by atoms with Gasteiger partial charge in [0.15, 0.2) is 0 Å². The minimum Gasteiger partial charge on any atom is -0.456 e. The van der Waals surface area contributed by atoms with Crippen molar-refractivity contribution in [3.8, 4) is 11.8 Å². The summed E-state index contributed by atoms with van der Waals surface area (Å²) in [7, 11) is 0. The first-order valence-electron chi connectivity index (χ1n) is 4.90. The number of benzene rings is 1. The lowest BCUT2D eigenvalue weighted by atomic mass is 10.0. The summed E-state index contributed by atoms with van der Waals surface area (Å²) < 4.78 is 4.73. The Morgan fingerprint density at radius 1 is 1.33 bits per heavy atom. The van der Waals surface area contributed by atoms with Gasteiger partial charge in [-0.1, -0.05) is 24.1 Å². The van der Waals surface area contributed by atoms with Crippen molar-refractivity contribution in [2.24, 2.45) is 0 Å². The third-order valence-electron chi connectivity index (χ3n) is 2.05. The van der Waals surface area contributed by atoms with E-state index in [-0.39, 0.29) is 0 Å². The lowest BCUT2D eigenvalue weighted by Crippen LogP contribution is -2.00. The molecule has 0 amide bonds. The molecule has 1 rings (SSSR count). The lowest BCUT2D eigenvalue weighted by Gasteiger charge is -2.01. The van der Waals surface area contributed by atoms with E-state index in [4.69, 9.17) is 4.74 Å². The normalized spacial score (nSPS) is 9.00. The lowest BCUT2D eigenvalue weighted by molar-refractivity contribution is -0.136. The second-order valence-corrected chi connectivity index (χ2v) is 3.24. The van der Waals surface area contributed by atoms with Crippen LogP contribution in [0.1, 0.15) is 23.6 Å². The average Bonchev–Trinajstić information content (AvgIpc) is 2.17. The molecule has 1 aromatic rings. The van der Waals surface area contributed by atoms with Crippen molar-refractivity contribution in [3.63, 3.8) is 0 Å². The van der Waals surface area contributed by atoms with Crippen molar-refractivity contribution >= 4 is 5.97 Å². The maximum absolute atomic E-state index is 11.0. The Morgan fingerprint density at radius 2 is 1.93 bits per heavy atom. The smallest absolute Gasteiger partial charge is 0.384 e. The molecule has 0 saturated heterocycles. The van der Waals surface area contributed by atoms with Gasteiger partial charge in [-0.2, -0.15) is 0 Å². The summed E-state index contributed by atoms with van der Waals surface area (Å²) in [5.41, 5.74) is 3.06. The topological polar surface area (TPSA) is 26.3 Å². The molecule has 0 atom stereocenters. The highest BCUT2D eigenvalue weighted by Crippen LogP contribution is 2.11. The summed E-state index contributed by atoms with van der Waals surface area (Å²) in [5.74, 6) is 4.84. The maximum Gasteiger partial charge on any atom is 0.384 e.